The highest BCUT2D eigenvalue weighted by atomic mass is 15.3. The third-order valence-electron chi connectivity index (χ3n) is 29.6. The molecule has 4 aliphatic heterocycles. The van der Waals surface area contributed by atoms with E-state index in [4.69, 9.17) is 4.98 Å². The van der Waals surface area contributed by atoms with E-state index < -0.39 is 0 Å². The number of hydrogen-bond donors (Lipinski definition) is 0. The van der Waals surface area contributed by atoms with Crippen LogP contribution in [0.4, 0.5) is 45.8 Å². The monoisotopic (exact) mass is 1920 g/mol. The molecule has 11 heterocycles. The van der Waals surface area contributed by atoms with E-state index in [0.29, 0.717) is 23.8 Å². The molecular formula is C137H117N11. The third kappa shape index (κ3) is 16.5. The maximum atomic E-state index is 5.13. The van der Waals surface area contributed by atoms with Crippen LogP contribution in [0.15, 0.2) is 516 Å². The largest absolute Gasteiger partial charge is 0.333 e. The molecule has 7 aromatic heterocycles. The van der Waals surface area contributed by atoms with E-state index in [1.54, 1.807) is 0 Å². The summed E-state index contributed by atoms with van der Waals surface area (Å²) in [5.41, 5.74) is 31.9. The van der Waals surface area contributed by atoms with Crippen LogP contribution in [-0.2, 0) is 0 Å². The standard InChI is InChI=1S/2C35H25N3.C30H22N2.C29H21N3.4C2H6/c1-4-16-32-27(12-1)28-13-2-5-17-33(28)38(32)26-19-20-35-30(23-26)29-14-3-6-18-34(29)37(35)25-11-9-10-24(22-25)31-15-7-8-21-36-31;1-2-11-24(12-3-1)30-16-10-20-35(36-30)38-33-19-9-6-15-28(33)29-23-25(21-22-34(29)38)37-31-17-7-4-13-26(31)27-14-5-8-18-32(27)37;1-2-10-21(11-3-1)31-29-17-9-6-14-25(29)26-20-22(18-19-30(26)31)32-27-15-7-4-12-23(27)24-13-5-8-16-28(24)32;1-4-12-25-21(9-1)22-10-2-5-13-26(22)31(25)20-16-17-28-24(19-20)23-11-3-6-14-27(23)32(28)29-15-7-8-18-30-29;4*1-2/h1-23,29,34H;1-23,28,33H;1-20,25,29H;1-19,23,27H;4*1-2H3. The van der Waals surface area contributed by atoms with E-state index in [0.717, 1.165) is 34.2 Å². The highest BCUT2D eigenvalue weighted by Crippen LogP contribution is 2.55. The maximum absolute atomic E-state index is 5.13. The zero-order valence-electron chi connectivity index (χ0n) is 84.6. The van der Waals surface area contributed by atoms with Crippen LogP contribution >= 0.6 is 0 Å². The van der Waals surface area contributed by atoms with E-state index in [9.17, 15) is 0 Å². The zero-order valence-corrected chi connectivity index (χ0v) is 84.6. The molecule has 4 aliphatic carbocycles. The lowest BCUT2D eigenvalue weighted by atomic mass is 9.91. The number of allylic oxidation sites excluding steroid dienone is 8. The van der Waals surface area contributed by atoms with Crippen molar-refractivity contribution in [1.29, 1.82) is 0 Å². The molecule has 0 saturated carbocycles. The summed E-state index contributed by atoms with van der Waals surface area (Å²) in [7, 11) is 0. The molecule has 0 radical (unpaired) electrons. The van der Waals surface area contributed by atoms with Crippen LogP contribution in [0.3, 0.4) is 0 Å². The van der Waals surface area contributed by atoms with E-state index in [1.807, 2.05) is 92.0 Å². The first-order valence-corrected chi connectivity index (χ1v) is 52.6. The Hall–Kier alpha value is -17.9. The van der Waals surface area contributed by atoms with Gasteiger partial charge in [0.2, 0.25) is 0 Å². The van der Waals surface area contributed by atoms with Gasteiger partial charge in [-0.25, -0.2) is 9.97 Å². The van der Waals surface area contributed by atoms with Crippen molar-refractivity contribution in [2.24, 2.45) is 0 Å². The Bertz CT molecular complexity index is 8200. The average molecular weight is 1920 g/mol. The van der Waals surface area contributed by atoms with Gasteiger partial charge in [0.05, 0.1) is 79.7 Å². The maximum Gasteiger partial charge on any atom is 0.134 e. The van der Waals surface area contributed by atoms with Gasteiger partial charge in [-0.15, -0.1) is 0 Å². The highest BCUT2D eigenvalue weighted by molar-refractivity contribution is 6.13. The van der Waals surface area contributed by atoms with Crippen molar-refractivity contribution in [3.63, 3.8) is 0 Å². The number of hydrogen-bond acceptors (Lipinski definition) is 7. The number of aromatic nitrogens is 7. The van der Waals surface area contributed by atoms with Gasteiger partial charge >= 0.3 is 0 Å². The molecule has 8 atom stereocenters. The molecule has 0 bridgehead atoms. The van der Waals surface area contributed by atoms with Gasteiger partial charge in [0, 0.05) is 147 Å². The second-order valence-corrected chi connectivity index (χ2v) is 37.1. The van der Waals surface area contributed by atoms with E-state index >= 15 is 0 Å². The minimum absolute atomic E-state index is 0.196. The van der Waals surface area contributed by atoms with Crippen molar-refractivity contribution >= 4 is 133 Å². The summed E-state index contributed by atoms with van der Waals surface area (Å²) in [6.45, 7) is 16.0. The Balaban J connectivity index is 0.000000106. The molecule has 8 aliphatic rings. The van der Waals surface area contributed by atoms with Gasteiger partial charge in [-0.3, -0.25) is 4.98 Å². The van der Waals surface area contributed by atoms with Gasteiger partial charge < -0.3 is 37.9 Å². The molecule has 0 fully saturated rings. The molecule has 0 N–H and O–H groups in total. The first-order chi connectivity index (χ1) is 73.5. The predicted octanol–water partition coefficient (Wildman–Crippen LogP) is 35.7. The SMILES string of the molecule is C1=CC2c3cc(-n4c5ccccc5c5ccccc54)ccc3N(c3cccc(-c4ccccc4)n3)C2C=C1.C1=CC2c3cc(-n4c5ccccc5c5ccccc54)ccc3N(c3cccc(-c4ccccn4)c3)C2C=C1.C1=CC2c3cc(-n4c5ccccc5c5ccccc54)ccc3N(c3ccccc3)C2C=C1.C1=CC2c3cc(-n4c5ccccc5c5ccccc54)ccc3N(c3ccccn3)C2C=C1.CC.CC.CC.CC. The Labute approximate surface area is 866 Å². The fourth-order valence-electron chi connectivity index (χ4n) is 23.6. The van der Waals surface area contributed by atoms with Crippen molar-refractivity contribution in [1.82, 2.24) is 33.2 Å². The summed E-state index contributed by atoms with van der Waals surface area (Å²) < 4.78 is 9.62. The number of fused-ring (bicyclic) bond motifs is 24. The van der Waals surface area contributed by atoms with Crippen LogP contribution in [0.25, 0.3) is 132 Å². The van der Waals surface area contributed by atoms with Crippen LogP contribution in [-0.4, -0.2) is 57.4 Å². The van der Waals surface area contributed by atoms with Gasteiger partial charge in [-0.05, 0) is 204 Å². The van der Waals surface area contributed by atoms with Crippen LogP contribution in [0, 0.1) is 0 Å². The smallest absolute Gasteiger partial charge is 0.134 e. The van der Waals surface area contributed by atoms with Crippen LogP contribution < -0.4 is 19.6 Å². The van der Waals surface area contributed by atoms with Gasteiger partial charge in [0.15, 0.2) is 0 Å². The molecule has 0 spiro atoms. The lowest BCUT2D eigenvalue weighted by molar-refractivity contribution is 0.738. The van der Waals surface area contributed by atoms with Gasteiger partial charge in [0.1, 0.15) is 11.6 Å². The molecule has 11 nitrogen and oxygen atoms in total. The van der Waals surface area contributed by atoms with Gasteiger partial charge in [-0.2, -0.15) is 0 Å². The number of nitrogens with zero attached hydrogens (tertiary/aromatic N) is 11. The molecule has 720 valence electrons. The zero-order chi connectivity index (χ0) is 100. The number of anilines is 8. The minimum Gasteiger partial charge on any atom is -0.333 e. The molecule has 22 aromatic rings. The predicted molar refractivity (Wildman–Crippen MR) is 626 cm³/mol. The number of pyridine rings is 3. The van der Waals surface area contributed by atoms with Gasteiger partial charge in [-0.1, -0.05) is 377 Å². The number of benzene rings is 15. The van der Waals surface area contributed by atoms with Crippen molar-refractivity contribution < 1.29 is 0 Å². The molecular weight excluding hydrogens is 1800 g/mol. The Morgan fingerprint density at radius 3 is 0.791 bits per heavy atom. The quantitative estimate of drug-likeness (QED) is 0.135. The third-order valence-corrected chi connectivity index (χ3v) is 29.6. The molecule has 11 heteroatoms. The lowest BCUT2D eigenvalue weighted by Gasteiger charge is -2.29. The Morgan fingerprint density at radius 2 is 0.446 bits per heavy atom. The number of rotatable bonds is 10. The normalized spacial score (nSPS) is 17.5. The van der Waals surface area contributed by atoms with Crippen molar-refractivity contribution in [2.75, 3.05) is 19.6 Å². The topological polar surface area (TPSA) is 71.4 Å². The summed E-state index contributed by atoms with van der Waals surface area (Å²) in [4.78, 5) is 24.1. The fraction of sp³-hybridized carbons (Fsp3) is 0.117. The summed E-state index contributed by atoms with van der Waals surface area (Å²) in [5.74, 6) is 3.19. The van der Waals surface area contributed by atoms with Crippen molar-refractivity contribution in [3.05, 3.63) is 538 Å². The molecule has 8 unspecified atom stereocenters. The van der Waals surface area contributed by atoms with Crippen LogP contribution in [0.2, 0.25) is 0 Å². The lowest BCUT2D eigenvalue weighted by Crippen LogP contribution is -2.29. The fourth-order valence-corrected chi connectivity index (χ4v) is 23.6. The second kappa shape index (κ2) is 41.4. The first kappa shape index (κ1) is 93.7. The summed E-state index contributed by atoms with van der Waals surface area (Å²) in [5, 5.41) is 10.3. The van der Waals surface area contributed by atoms with E-state index in [-0.39, 0.29) is 24.0 Å². The summed E-state index contributed by atoms with van der Waals surface area (Å²) in [6.07, 6.45) is 39.7. The average Bonchev–Trinajstić information content (AvgIpc) is 1.58. The number of para-hydroxylation sites is 9. The first-order valence-electron chi connectivity index (χ1n) is 52.6. The molecule has 15 aromatic carbocycles. The molecule has 0 saturated heterocycles. The van der Waals surface area contributed by atoms with E-state index in [1.165, 1.54) is 166 Å². The molecule has 0 amide bonds. The van der Waals surface area contributed by atoms with Crippen molar-refractivity contribution in [2.45, 2.75) is 103 Å². The van der Waals surface area contributed by atoms with Crippen LogP contribution in [0.1, 0.15) is 101 Å². The molecule has 148 heavy (non-hydrogen) atoms. The summed E-state index contributed by atoms with van der Waals surface area (Å²) in [6, 6.07) is 147. The minimum atomic E-state index is 0.196. The Kier molecular flexibility index (Phi) is 26.2. The second-order valence-electron chi connectivity index (χ2n) is 37.1. The van der Waals surface area contributed by atoms with Crippen LogP contribution in [0.5, 0.6) is 0 Å². The van der Waals surface area contributed by atoms with Gasteiger partial charge in [0.25, 0.3) is 0 Å². The molecule has 30 rings (SSSR count). The highest BCUT2D eigenvalue weighted by Gasteiger charge is 2.43. The summed E-state index contributed by atoms with van der Waals surface area (Å²) >= 11 is 0. The van der Waals surface area contributed by atoms with Crippen molar-refractivity contribution in [3.8, 4) is 45.3 Å². The Morgan fingerprint density at radius 1 is 0.182 bits per heavy atom. The van der Waals surface area contributed by atoms with E-state index in [2.05, 4.69) is 527 Å².